The van der Waals surface area contributed by atoms with Gasteiger partial charge in [-0.3, -0.25) is 4.74 Å². The number of rotatable bonds is 2. The maximum atomic E-state index is 11.7. The van der Waals surface area contributed by atoms with Gasteiger partial charge in [-0.2, -0.15) is 0 Å². The first-order chi connectivity index (χ1) is 4.81. The average molecular weight is 168 g/mol. The lowest BCUT2D eigenvalue weighted by molar-refractivity contribution is -0.364. The maximum absolute atomic E-state index is 11.7. The fraction of sp³-hybridized carbons (Fsp3) is 1.00. The molecule has 0 N–H and O–H groups in total. The molecule has 0 saturated heterocycles. The number of halogens is 3. The van der Waals surface area contributed by atoms with Gasteiger partial charge in [0.1, 0.15) is 0 Å². The Morgan fingerprint density at radius 1 is 1.18 bits per heavy atom. The minimum atomic E-state index is -4.49. The second kappa shape index (κ2) is 2.37. The van der Waals surface area contributed by atoms with E-state index in [0.717, 1.165) is 12.8 Å². The summed E-state index contributed by atoms with van der Waals surface area (Å²) in [6.45, 7) is 2.97. The predicted octanol–water partition coefficient (Wildman–Crippen LogP) is 2.71. The summed E-state index contributed by atoms with van der Waals surface area (Å²) in [7, 11) is 0. The highest BCUT2D eigenvalue weighted by molar-refractivity contribution is 4.89. The van der Waals surface area contributed by atoms with E-state index in [2.05, 4.69) is 4.74 Å². The van der Waals surface area contributed by atoms with E-state index in [1.165, 1.54) is 13.8 Å². The van der Waals surface area contributed by atoms with Crippen LogP contribution in [0.4, 0.5) is 13.2 Å². The summed E-state index contributed by atoms with van der Waals surface area (Å²) in [5.41, 5.74) is -1.03. The van der Waals surface area contributed by atoms with Crippen LogP contribution in [-0.2, 0) is 4.74 Å². The van der Waals surface area contributed by atoms with Crippen LogP contribution in [0.2, 0.25) is 0 Å². The standard InChI is InChI=1S/C7H11F3O/c1-6(2,5-3-4-5)11-7(8,9)10/h5H,3-4H2,1-2H3. The van der Waals surface area contributed by atoms with Crippen molar-refractivity contribution in [2.75, 3.05) is 0 Å². The molecule has 0 aromatic carbocycles. The second-order valence-corrected chi connectivity index (χ2v) is 3.43. The molecule has 0 bridgehead atoms. The van der Waals surface area contributed by atoms with Crippen molar-refractivity contribution in [2.45, 2.75) is 38.7 Å². The van der Waals surface area contributed by atoms with E-state index in [0.29, 0.717) is 0 Å². The van der Waals surface area contributed by atoms with Crippen LogP contribution in [0.5, 0.6) is 0 Å². The maximum Gasteiger partial charge on any atom is 0.523 e. The zero-order valence-corrected chi connectivity index (χ0v) is 6.53. The van der Waals surface area contributed by atoms with E-state index in [1.807, 2.05) is 0 Å². The molecule has 4 heteroatoms. The van der Waals surface area contributed by atoms with Gasteiger partial charge < -0.3 is 0 Å². The average Bonchev–Trinajstić information content (AvgIpc) is 2.30. The van der Waals surface area contributed by atoms with Gasteiger partial charge in [0.15, 0.2) is 0 Å². The first kappa shape index (κ1) is 8.84. The van der Waals surface area contributed by atoms with Crippen molar-refractivity contribution in [2.24, 2.45) is 5.92 Å². The highest BCUT2D eigenvalue weighted by Crippen LogP contribution is 2.44. The van der Waals surface area contributed by atoms with Crippen molar-refractivity contribution >= 4 is 0 Å². The number of hydrogen-bond acceptors (Lipinski definition) is 1. The molecule has 66 valence electrons. The molecule has 0 spiro atoms. The Labute approximate surface area is 63.5 Å². The lowest BCUT2D eigenvalue weighted by Crippen LogP contribution is -2.34. The molecule has 0 aromatic heterocycles. The van der Waals surface area contributed by atoms with E-state index in [4.69, 9.17) is 0 Å². The quantitative estimate of drug-likeness (QED) is 0.616. The van der Waals surface area contributed by atoms with Crippen molar-refractivity contribution in [3.05, 3.63) is 0 Å². The third-order valence-electron chi connectivity index (χ3n) is 1.94. The summed E-state index contributed by atoms with van der Waals surface area (Å²) >= 11 is 0. The molecule has 0 amide bonds. The van der Waals surface area contributed by atoms with Crippen LogP contribution < -0.4 is 0 Å². The topological polar surface area (TPSA) is 9.23 Å². The molecule has 1 rings (SSSR count). The van der Waals surface area contributed by atoms with Gasteiger partial charge in [0.2, 0.25) is 0 Å². The summed E-state index contributed by atoms with van der Waals surface area (Å²) in [6, 6.07) is 0. The molecule has 0 radical (unpaired) electrons. The molecular weight excluding hydrogens is 157 g/mol. The van der Waals surface area contributed by atoms with Gasteiger partial charge in [0.05, 0.1) is 5.60 Å². The minimum absolute atomic E-state index is 0.0872. The van der Waals surface area contributed by atoms with Crippen LogP contribution in [0.3, 0.4) is 0 Å². The zero-order chi connectivity index (χ0) is 8.70. The van der Waals surface area contributed by atoms with E-state index in [-0.39, 0.29) is 5.92 Å². The van der Waals surface area contributed by atoms with Gasteiger partial charge in [-0.1, -0.05) is 0 Å². The van der Waals surface area contributed by atoms with E-state index in [9.17, 15) is 13.2 Å². The van der Waals surface area contributed by atoms with E-state index >= 15 is 0 Å². The van der Waals surface area contributed by atoms with Crippen molar-refractivity contribution in [3.8, 4) is 0 Å². The molecular formula is C7H11F3O. The van der Waals surface area contributed by atoms with Gasteiger partial charge in [-0.15, -0.1) is 13.2 Å². The molecule has 1 aliphatic rings. The summed E-state index contributed by atoms with van der Waals surface area (Å²) in [4.78, 5) is 0. The minimum Gasteiger partial charge on any atom is -0.286 e. The Morgan fingerprint density at radius 3 is 1.91 bits per heavy atom. The Kier molecular flexibility index (Phi) is 1.90. The van der Waals surface area contributed by atoms with Gasteiger partial charge in [0.25, 0.3) is 0 Å². The summed E-state index contributed by atoms with van der Waals surface area (Å²) < 4.78 is 39.1. The fourth-order valence-corrected chi connectivity index (χ4v) is 1.16. The summed E-state index contributed by atoms with van der Waals surface area (Å²) in [6.07, 6.45) is -2.79. The molecule has 1 nitrogen and oxygen atoms in total. The molecule has 1 saturated carbocycles. The normalized spacial score (nSPS) is 20.5. The number of ether oxygens (including phenoxy) is 1. The van der Waals surface area contributed by atoms with Crippen molar-refractivity contribution in [1.82, 2.24) is 0 Å². The van der Waals surface area contributed by atoms with E-state index < -0.39 is 12.0 Å². The smallest absolute Gasteiger partial charge is 0.286 e. The van der Waals surface area contributed by atoms with Crippen LogP contribution in [-0.4, -0.2) is 12.0 Å². The van der Waals surface area contributed by atoms with Crippen LogP contribution in [0, 0.1) is 5.92 Å². The van der Waals surface area contributed by atoms with Crippen molar-refractivity contribution in [1.29, 1.82) is 0 Å². The van der Waals surface area contributed by atoms with Crippen LogP contribution in [0.25, 0.3) is 0 Å². The van der Waals surface area contributed by atoms with Crippen molar-refractivity contribution < 1.29 is 17.9 Å². The summed E-state index contributed by atoms with van der Waals surface area (Å²) in [5.74, 6) is 0.0872. The Morgan fingerprint density at radius 2 is 1.64 bits per heavy atom. The predicted molar refractivity (Wildman–Crippen MR) is 33.9 cm³/mol. The van der Waals surface area contributed by atoms with Gasteiger partial charge >= 0.3 is 6.36 Å². The van der Waals surface area contributed by atoms with Gasteiger partial charge in [-0.25, -0.2) is 0 Å². The van der Waals surface area contributed by atoms with Gasteiger partial charge in [0, 0.05) is 0 Å². The molecule has 0 heterocycles. The fourth-order valence-electron chi connectivity index (χ4n) is 1.16. The zero-order valence-electron chi connectivity index (χ0n) is 6.53. The Bertz CT molecular complexity index is 146. The lowest BCUT2D eigenvalue weighted by atomic mass is 10.0. The second-order valence-electron chi connectivity index (χ2n) is 3.43. The molecule has 1 aliphatic carbocycles. The van der Waals surface area contributed by atoms with E-state index in [1.54, 1.807) is 0 Å². The Balaban J connectivity index is 2.45. The highest BCUT2D eigenvalue weighted by atomic mass is 19.4. The third kappa shape index (κ3) is 2.69. The number of hydrogen-bond donors (Lipinski definition) is 0. The Hall–Kier alpha value is -0.250. The monoisotopic (exact) mass is 168 g/mol. The van der Waals surface area contributed by atoms with Crippen LogP contribution in [0.1, 0.15) is 26.7 Å². The highest BCUT2D eigenvalue weighted by Gasteiger charge is 2.46. The summed E-state index contributed by atoms with van der Waals surface area (Å²) in [5, 5.41) is 0. The molecule has 0 unspecified atom stereocenters. The molecule has 0 atom stereocenters. The number of alkyl halides is 3. The lowest BCUT2D eigenvalue weighted by Gasteiger charge is -2.25. The third-order valence-corrected chi connectivity index (χ3v) is 1.94. The first-order valence-electron chi connectivity index (χ1n) is 3.58. The molecule has 0 aromatic rings. The largest absolute Gasteiger partial charge is 0.523 e. The van der Waals surface area contributed by atoms with Crippen LogP contribution >= 0.6 is 0 Å². The molecule has 11 heavy (non-hydrogen) atoms. The molecule has 1 fully saturated rings. The van der Waals surface area contributed by atoms with Crippen molar-refractivity contribution in [3.63, 3.8) is 0 Å². The van der Waals surface area contributed by atoms with Crippen LogP contribution in [0.15, 0.2) is 0 Å². The van der Waals surface area contributed by atoms with Gasteiger partial charge in [-0.05, 0) is 32.6 Å². The molecule has 0 aliphatic heterocycles. The SMILES string of the molecule is CC(C)(OC(F)(F)F)C1CC1. The first-order valence-corrected chi connectivity index (χ1v) is 3.58.